The average Bonchev–Trinajstić information content (AvgIpc) is 4.08. The fourth-order valence-electron chi connectivity index (χ4n) is 9.52. The first-order valence-corrected chi connectivity index (χ1v) is 24.7. The first-order chi connectivity index (χ1) is 36.3. The summed E-state index contributed by atoms with van der Waals surface area (Å²) in [5, 5.41) is 31.8. The van der Waals surface area contributed by atoms with E-state index in [1.165, 1.54) is 23.0 Å². The molecular formula is C52H56N14O9. The van der Waals surface area contributed by atoms with Crippen LogP contribution in [0.15, 0.2) is 95.0 Å². The highest BCUT2D eigenvalue weighted by Crippen LogP contribution is 2.39. The number of benzene rings is 4. The van der Waals surface area contributed by atoms with Gasteiger partial charge >= 0.3 is 11.8 Å². The molecule has 23 heteroatoms. The third-order valence-electron chi connectivity index (χ3n) is 13.6. The van der Waals surface area contributed by atoms with Crippen molar-refractivity contribution in [3.63, 3.8) is 0 Å². The van der Waals surface area contributed by atoms with Crippen molar-refractivity contribution in [3.05, 3.63) is 118 Å². The number of nitrogens with one attached hydrogen (secondary N) is 2. The highest BCUT2D eigenvalue weighted by Gasteiger charge is 2.27. The monoisotopic (exact) mass is 1020 g/mol. The molecule has 0 saturated carbocycles. The van der Waals surface area contributed by atoms with Crippen LogP contribution < -0.4 is 41.5 Å². The van der Waals surface area contributed by atoms with Crippen molar-refractivity contribution in [2.24, 2.45) is 4.99 Å². The lowest BCUT2D eigenvalue weighted by Gasteiger charge is -2.36. The van der Waals surface area contributed by atoms with Gasteiger partial charge in [0.1, 0.15) is 28.6 Å². The van der Waals surface area contributed by atoms with Gasteiger partial charge in [-0.15, -0.1) is 0 Å². The van der Waals surface area contributed by atoms with Gasteiger partial charge < -0.3 is 50.2 Å². The number of piperazine rings is 2. The quantitative estimate of drug-likeness (QED) is 0.101. The molecule has 3 aliphatic heterocycles. The summed E-state index contributed by atoms with van der Waals surface area (Å²) in [6.45, 7) is 10.8. The molecule has 0 unspecified atom stereocenters. The van der Waals surface area contributed by atoms with E-state index in [4.69, 9.17) is 24.9 Å². The van der Waals surface area contributed by atoms with Crippen molar-refractivity contribution in [2.75, 3.05) is 95.1 Å². The molecule has 0 spiro atoms. The molecule has 0 aliphatic carbocycles. The Morgan fingerprint density at radius 2 is 1.53 bits per heavy atom. The molecule has 388 valence electrons. The Kier molecular flexibility index (Phi) is 14.0. The molecule has 2 fully saturated rings. The van der Waals surface area contributed by atoms with Crippen molar-refractivity contribution in [1.82, 2.24) is 49.0 Å². The third-order valence-corrected chi connectivity index (χ3v) is 13.6. The minimum Gasteiger partial charge on any atom is -0.508 e. The molecule has 6 N–H and O–H groups in total. The van der Waals surface area contributed by atoms with Crippen molar-refractivity contribution < 1.29 is 38.8 Å². The molecule has 7 aromatic rings. The lowest BCUT2D eigenvalue weighted by Crippen LogP contribution is -2.49. The van der Waals surface area contributed by atoms with Crippen LogP contribution in [-0.4, -0.2) is 156 Å². The van der Waals surface area contributed by atoms with Gasteiger partial charge in [0.2, 0.25) is 11.6 Å². The second-order valence-electron chi connectivity index (χ2n) is 18.6. The third kappa shape index (κ3) is 10.3. The number of aromatic hydroxyl groups is 2. The number of hydrogen-bond donors (Lipinski definition) is 5. The number of rotatable bonds is 13. The van der Waals surface area contributed by atoms with Crippen LogP contribution >= 0.6 is 0 Å². The Labute approximate surface area is 429 Å². The van der Waals surface area contributed by atoms with Crippen LogP contribution in [0.25, 0.3) is 28.0 Å². The number of aromatic nitrogens is 7. The molecule has 23 nitrogen and oxygen atoms in total. The molecule has 6 heterocycles. The molecule has 0 radical (unpaired) electrons. The number of phenols is 2. The molecule has 0 atom stereocenters. The number of fused-ring (bicyclic) bond motifs is 3. The number of nitrogens with zero attached hydrogens (tertiary/aromatic N) is 11. The summed E-state index contributed by atoms with van der Waals surface area (Å²) < 4.78 is 21.0. The number of hydrogen-bond acceptors (Lipinski definition) is 17. The summed E-state index contributed by atoms with van der Waals surface area (Å²) in [5.74, 6) is 1.37. The number of phenolic OH excluding ortho intramolecular Hbond substituents is 2. The lowest BCUT2D eigenvalue weighted by molar-refractivity contribution is 0.0746. The summed E-state index contributed by atoms with van der Waals surface area (Å²) >= 11 is 0. The number of nitrogen functional groups attached to an aromatic ring is 1. The zero-order chi connectivity index (χ0) is 52.3. The Morgan fingerprint density at radius 3 is 2.24 bits per heavy atom. The van der Waals surface area contributed by atoms with E-state index in [0.29, 0.717) is 112 Å². The molecule has 3 aromatic heterocycles. The Morgan fingerprint density at radius 1 is 0.827 bits per heavy atom. The zero-order valence-corrected chi connectivity index (χ0v) is 41.6. The van der Waals surface area contributed by atoms with Crippen molar-refractivity contribution in [2.45, 2.75) is 32.7 Å². The van der Waals surface area contributed by atoms with Gasteiger partial charge in [-0.1, -0.05) is 13.8 Å². The minimum atomic E-state index is -0.552. The van der Waals surface area contributed by atoms with Gasteiger partial charge in [0.25, 0.3) is 11.8 Å². The largest absolute Gasteiger partial charge is 0.508 e. The summed E-state index contributed by atoms with van der Waals surface area (Å²) in [6, 6.07) is 20.7. The van der Waals surface area contributed by atoms with Crippen LogP contribution in [-0.2, 0) is 6.54 Å². The van der Waals surface area contributed by atoms with Crippen LogP contribution in [0.1, 0.15) is 52.5 Å². The van der Waals surface area contributed by atoms with E-state index < -0.39 is 17.7 Å². The van der Waals surface area contributed by atoms with E-state index >= 15 is 0 Å². The number of nitrogens with two attached hydrogens (primary N) is 1. The van der Waals surface area contributed by atoms with Gasteiger partial charge in [0, 0.05) is 107 Å². The SMILES string of the molecule is COc1c(OCCCN2CCN(C(=O)Oc3ccc(N4CCN(C(=O)c5ccc(-n6c(-c7cc(C(C)C)c(O)cc7O)n[nH]c6=O)cc5)CC4)cc3)CC2)ccc2c3n(c(=NC(=O)c4cnc(N)nc4)nc12)CCN3. The number of aromatic amines is 1. The van der Waals surface area contributed by atoms with Crippen LogP contribution in [0.5, 0.6) is 28.7 Å². The molecule has 0 bridgehead atoms. The molecule has 75 heavy (non-hydrogen) atoms. The number of ether oxygens (including phenoxy) is 3. The van der Waals surface area contributed by atoms with Crippen LogP contribution in [0.3, 0.4) is 0 Å². The van der Waals surface area contributed by atoms with Crippen LogP contribution in [0.4, 0.5) is 22.2 Å². The Balaban J connectivity index is 0.672. The number of amides is 3. The maximum absolute atomic E-state index is 13.6. The number of methoxy groups -OCH3 is 1. The first-order valence-electron chi connectivity index (χ1n) is 24.7. The highest BCUT2D eigenvalue weighted by molar-refractivity contribution is 5.97. The normalized spacial score (nSPS) is 15.0. The number of H-pyrrole nitrogens is 1. The highest BCUT2D eigenvalue weighted by atomic mass is 16.6. The predicted octanol–water partition coefficient (Wildman–Crippen LogP) is 4.21. The van der Waals surface area contributed by atoms with Crippen molar-refractivity contribution in [3.8, 4) is 45.8 Å². The van der Waals surface area contributed by atoms with E-state index in [0.717, 1.165) is 29.9 Å². The second-order valence-corrected chi connectivity index (χ2v) is 18.6. The molecule has 3 amide bonds. The molecule has 2 saturated heterocycles. The lowest BCUT2D eigenvalue weighted by atomic mass is 9.98. The van der Waals surface area contributed by atoms with E-state index in [1.807, 2.05) is 42.7 Å². The summed E-state index contributed by atoms with van der Waals surface area (Å²) in [5.41, 5.74) is 8.69. The van der Waals surface area contributed by atoms with Gasteiger partial charge in [-0.25, -0.2) is 34.2 Å². The first kappa shape index (κ1) is 49.6. The number of carbonyl (C=O) groups excluding carboxylic acids is 3. The van der Waals surface area contributed by atoms with Gasteiger partial charge in [-0.3, -0.25) is 19.1 Å². The van der Waals surface area contributed by atoms with Gasteiger partial charge in [-0.2, -0.15) is 10.1 Å². The second kappa shape index (κ2) is 21.2. The maximum atomic E-state index is 13.6. The topological polar surface area (TPSA) is 277 Å². The number of carbonyl (C=O) groups is 3. The Bertz CT molecular complexity index is 3400. The van der Waals surface area contributed by atoms with E-state index in [1.54, 1.807) is 59.4 Å². The maximum Gasteiger partial charge on any atom is 0.415 e. The molecule has 3 aliphatic rings. The van der Waals surface area contributed by atoms with Crippen molar-refractivity contribution in [1.29, 1.82) is 0 Å². The fourth-order valence-corrected chi connectivity index (χ4v) is 9.52. The van der Waals surface area contributed by atoms with E-state index in [2.05, 4.69) is 40.3 Å². The van der Waals surface area contributed by atoms with Gasteiger partial charge in [-0.05, 0) is 84.6 Å². The predicted molar refractivity (Wildman–Crippen MR) is 277 cm³/mol. The smallest absolute Gasteiger partial charge is 0.415 e. The standard InChI is InChI=1S/C52H56N14O9/c1-31(2)38-27-39(41(68)28-40(38)67)46-59-60-51(71)66(46)35-7-5-32(6-8-35)48(70)63-24-22-62(23-25-63)34-9-11-36(12-10-34)75-52(72)64-20-18-61(19-21-64)16-4-26-74-42-14-13-37-43(44(42)73-3)57-50(65-17-15-54-45(37)65)58-47(69)33-29-55-49(53)56-30-33/h5-14,27-31,54,67-68H,4,15-26H2,1-3H3,(H,60,71)(H2,53,55,56). The Hall–Kier alpha value is -8.99. The van der Waals surface area contributed by atoms with Crippen LogP contribution in [0.2, 0.25) is 0 Å². The van der Waals surface area contributed by atoms with Gasteiger partial charge in [0.05, 0.1) is 30.5 Å². The van der Waals surface area contributed by atoms with Crippen molar-refractivity contribution >= 4 is 46.3 Å². The summed E-state index contributed by atoms with van der Waals surface area (Å²) in [4.78, 5) is 77.6. The summed E-state index contributed by atoms with van der Waals surface area (Å²) in [6.07, 6.45) is 2.97. The number of anilines is 3. The van der Waals surface area contributed by atoms with E-state index in [-0.39, 0.29) is 51.8 Å². The minimum absolute atomic E-state index is 0.0456. The fraction of sp³-hybridized carbons (Fsp3) is 0.327. The summed E-state index contributed by atoms with van der Waals surface area (Å²) in [7, 11) is 1.55. The molecule has 10 rings (SSSR count). The average molecular weight is 1020 g/mol. The van der Waals surface area contributed by atoms with Gasteiger partial charge in [0.15, 0.2) is 17.3 Å². The van der Waals surface area contributed by atoms with Crippen LogP contribution in [0, 0.1) is 0 Å². The zero-order valence-electron chi connectivity index (χ0n) is 41.6. The van der Waals surface area contributed by atoms with E-state index in [9.17, 15) is 29.4 Å². The molecule has 4 aromatic carbocycles. The molecular weight excluding hydrogens is 965 g/mol.